The second kappa shape index (κ2) is 5.53. The van der Waals surface area contributed by atoms with E-state index in [2.05, 4.69) is 15.5 Å². The van der Waals surface area contributed by atoms with Crippen molar-refractivity contribution >= 4 is 6.01 Å². The maximum atomic E-state index is 8.52. The van der Waals surface area contributed by atoms with Crippen LogP contribution < -0.4 is 5.32 Å². The maximum Gasteiger partial charge on any atom is 0.321 e. The number of unbranched alkanes of at least 4 members (excludes halogenated alkanes) is 2. The molecule has 1 aromatic heterocycles. The van der Waals surface area contributed by atoms with Gasteiger partial charge in [-0.25, -0.2) is 0 Å². The zero-order valence-electron chi connectivity index (χ0n) is 7.79. The molecule has 74 valence electrons. The topological polar surface area (TPSA) is 71.2 Å². The number of aliphatic hydroxyl groups excluding tert-OH is 1. The van der Waals surface area contributed by atoms with Crippen molar-refractivity contribution in [3.63, 3.8) is 0 Å². The quantitative estimate of drug-likeness (QED) is 0.646. The third-order valence-corrected chi connectivity index (χ3v) is 1.64. The second-order valence-corrected chi connectivity index (χ2v) is 2.86. The lowest BCUT2D eigenvalue weighted by molar-refractivity contribution is 0.283. The Kier molecular flexibility index (Phi) is 4.25. The highest BCUT2D eigenvalue weighted by atomic mass is 16.5. The van der Waals surface area contributed by atoms with Gasteiger partial charge in [-0.1, -0.05) is 5.16 Å². The predicted octanol–water partition coefficient (Wildman–Crippen LogP) is 0.953. The van der Waals surface area contributed by atoms with Gasteiger partial charge in [0.15, 0.2) is 5.82 Å². The molecular weight excluding hydrogens is 170 g/mol. The Balaban J connectivity index is 2.06. The number of nitrogens with one attached hydrogen (secondary N) is 1. The lowest BCUT2D eigenvalue weighted by Gasteiger charge is -1.98. The summed E-state index contributed by atoms with van der Waals surface area (Å²) in [5, 5.41) is 15.2. The van der Waals surface area contributed by atoms with E-state index in [-0.39, 0.29) is 6.61 Å². The molecule has 0 aromatic carbocycles. The number of rotatable bonds is 6. The minimum absolute atomic E-state index is 0.264. The van der Waals surface area contributed by atoms with Crippen LogP contribution in [0.2, 0.25) is 0 Å². The summed E-state index contributed by atoms with van der Waals surface area (Å²) in [6.45, 7) is 2.85. The molecule has 0 bridgehead atoms. The fourth-order valence-electron chi connectivity index (χ4n) is 0.978. The van der Waals surface area contributed by atoms with E-state index in [1.54, 1.807) is 6.92 Å². The third kappa shape index (κ3) is 3.89. The van der Waals surface area contributed by atoms with Crippen LogP contribution in [0.25, 0.3) is 0 Å². The molecule has 0 atom stereocenters. The van der Waals surface area contributed by atoms with Crippen LogP contribution in [0.5, 0.6) is 0 Å². The lowest BCUT2D eigenvalue weighted by atomic mass is 10.2. The van der Waals surface area contributed by atoms with Crippen LogP contribution >= 0.6 is 0 Å². The molecule has 0 unspecified atom stereocenters. The van der Waals surface area contributed by atoms with Crippen LogP contribution in [0.15, 0.2) is 4.52 Å². The Morgan fingerprint density at radius 3 is 2.85 bits per heavy atom. The number of nitrogens with zero attached hydrogens (tertiary/aromatic N) is 2. The minimum Gasteiger partial charge on any atom is -0.396 e. The maximum absolute atomic E-state index is 8.52. The fourth-order valence-corrected chi connectivity index (χ4v) is 0.978. The SMILES string of the molecule is Cc1noc(NCCCCCO)n1. The molecule has 13 heavy (non-hydrogen) atoms. The van der Waals surface area contributed by atoms with Crippen molar-refractivity contribution in [1.29, 1.82) is 0 Å². The Morgan fingerprint density at radius 2 is 2.23 bits per heavy atom. The summed E-state index contributed by atoms with van der Waals surface area (Å²) < 4.78 is 4.85. The molecule has 0 amide bonds. The van der Waals surface area contributed by atoms with Crippen molar-refractivity contribution < 1.29 is 9.63 Å². The van der Waals surface area contributed by atoms with E-state index in [9.17, 15) is 0 Å². The molecule has 0 fully saturated rings. The monoisotopic (exact) mass is 185 g/mol. The first-order chi connectivity index (χ1) is 6.33. The summed E-state index contributed by atoms with van der Waals surface area (Å²) in [5.41, 5.74) is 0. The molecule has 0 aliphatic heterocycles. The molecule has 2 N–H and O–H groups in total. The smallest absolute Gasteiger partial charge is 0.321 e. The van der Waals surface area contributed by atoms with Crippen LogP contribution in [0.1, 0.15) is 25.1 Å². The van der Waals surface area contributed by atoms with Gasteiger partial charge >= 0.3 is 6.01 Å². The summed E-state index contributed by atoms with van der Waals surface area (Å²) in [6.07, 6.45) is 2.86. The van der Waals surface area contributed by atoms with E-state index in [0.29, 0.717) is 11.8 Å². The van der Waals surface area contributed by atoms with Crippen molar-refractivity contribution in [3.05, 3.63) is 5.82 Å². The van der Waals surface area contributed by atoms with Gasteiger partial charge in [-0.3, -0.25) is 0 Å². The van der Waals surface area contributed by atoms with E-state index in [1.807, 2.05) is 0 Å². The number of aromatic nitrogens is 2. The van der Waals surface area contributed by atoms with Crippen molar-refractivity contribution in [2.75, 3.05) is 18.5 Å². The molecular formula is C8H15N3O2. The minimum atomic E-state index is 0.264. The molecule has 5 nitrogen and oxygen atoms in total. The van der Waals surface area contributed by atoms with Crippen molar-refractivity contribution in [3.8, 4) is 0 Å². The number of hydrogen-bond donors (Lipinski definition) is 2. The van der Waals surface area contributed by atoms with E-state index < -0.39 is 0 Å². The third-order valence-electron chi connectivity index (χ3n) is 1.64. The Labute approximate surface area is 77.2 Å². The zero-order chi connectivity index (χ0) is 9.52. The van der Waals surface area contributed by atoms with Gasteiger partial charge in [0.1, 0.15) is 0 Å². The highest BCUT2D eigenvalue weighted by Gasteiger charge is 1.99. The van der Waals surface area contributed by atoms with Crippen LogP contribution in [-0.4, -0.2) is 28.4 Å². The van der Waals surface area contributed by atoms with E-state index >= 15 is 0 Å². The summed E-state index contributed by atoms with van der Waals surface area (Å²) in [6, 6.07) is 0.474. The first kappa shape index (κ1) is 9.98. The molecule has 1 heterocycles. The molecule has 1 aromatic rings. The van der Waals surface area contributed by atoms with Gasteiger partial charge < -0.3 is 14.9 Å². The summed E-state index contributed by atoms with van der Waals surface area (Å²) in [5.74, 6) is 0.637. The molecule has 5 heteroatoms. The van der Waals surface area contributed by atoms with Crippen LogP contribution in [0.4, 0.5) is 6.01 Å². The summed E-state index contributed by atoms with van der Waals surface area (Å²) in [4.78, 5) is 3.99. The van der Waals surface area contributed by atoms with Gasteiger partial charge in [0.2, 0.25) is 0 Å². The average molecular weight is 185 g/mol. The standard InChI is InChI=1S/C8H15N3O2/c1-7-10-8(13-11-7)9-5-3-2-4-6-12/h12H,2-6H2,1H3,(H,9,10,11). The van der Waals surface area contributed by atoms with Gasteiger partial charge in [0.05, 0.1) is 0 Å². The normalized spacial score (nSPS) is 10.3. The number of anilines is 1. The van der Waals surface area contributed by atoms with Crippen LogP contribution in [-0.2, 0) is 0 Å². The predicted molar refractivity (Wildman–Crippen MR) is 48.5 cm³/mol. The van der Waals surface area contributed by atoms with Gasteiger partial charge in [-0.15, -0.1) is 0 Å². The highest BCUT2D eigenvalue weighted by molar-refractivity contribution is 5.17. The Hall–Kier alpha value is -1.10. The van der Waals surface area contributed by atoms with E-state index in [1.165, 1.54) is 0 Å². The molecule has 0 saturated carbocycles. The first-order valence-electron chi connectivity index (χ1n) is 4.48. The molecule has 0 aliphatic rings. The molecule has 0 aliphatic carbocycles. The first-order valence-corrected chi connectivity index (χ1v) is 4.48. The number of hydrogen-bond acceptors (Lipinski definition) is 5. The van der Waals surface area contributed by atoms with Crippen molar-refractivity contribution in [1.82, 2.24) is 10.1 Å². The zero-order valence-corrected chi connectivity index (χ0v) is 7.79. The van der Waals surface area contributed by atoms with E-state index in [4.69, 9.17) is 9.63 Å². The summed E-state index contributed by atoms with van der Waals surface area (Å²) in [7, 11) is 0. The van der Waals surface area contributed by atoms with E-state index in [0.717, 1.165) is 25.8 Å². The Bertz CT molecular complexity index is 237. The van der Waals surface area contributed by atoms with Crippen LogP contribution in [0.3, 0.4) is 0 Å². The van der Waals surface area contributed by atoms with Crippen molar-refractivity contribution in [2.24, 2.45) is 0 Å². The van der Waals surface area contributed by atoms with Gasteiger partial charge in [-0.2, -0.15) is 4.98 Å². The second-order valence-electron chi connectivity index (χ2n) is 2.86. The fraction of sp³-hybridized carbons (Fsp3) is 0.750. The molecule has 0 spiro atoms. The van der Waals surface area contributed by atoms with Gasteiger partial charge in [-0.05, 0) is 26.2 Å². The van der Waals surface area contributed by atoms with Gasteiger partial charge in [0.25, 0.3) is 0 Å². The highest BCUT2D eigenvalue weighted by Crippen LogP contribution is 2.02. The Morgan fingerprint density at radius 1 is 1.38 bits per heavy atom. The van der Waals surface area contributed by atoms with Gasteiger partial charge in [0, 0.05) is 13.2 Å². The summed E-state index contributed by atoms with van der Waals surface area (Å²) >= 11 is 0. The lowest BCUT2D eigenvalue weighted by Crippen LogP contribution is -2.01. The average Bonchev–Trinajstić information content (AvgIpc) is 2.51. The number of aryl methyl sites for hydroxylation is 1. The molecule has 0 saturated heterocycles. The molecule has 1 rings (SSSR count). The molecule has 0 radical (unpaired) electrons. The number of aliphatic hydroxyl groups is 1. The van der Waals surface area contributed by atoms with Crippen molar-refractivity contribution in [2.45, 2.75) is 26.2 Å². The van der Waals surface area contributed by atoms with Crippen LogP contribution in [0, 0.1) is 6.92 Å². The largest absolute Gasteiger partial charge is 0.396 e.